The van der Waals surface area contributed by atoms with Crippen LogP contribution in [0.1, 0.15) is 77.2 Å². The van der Waals surface area contributed by atoms with Gasteiger partial charge in [0.05, 0.1) is 18.9 Å². The van der Waals surface area contributed by atoms with Gasteiger partial charge in [-0.1, -0.05) is 57.5 Å². The lowest BCUT2D eigenvalue weighted by molar-refractivity contribution is -0.155. The number of nitrogens with zero attached hydrogens (tertiary/aromatic N) is 1. The number of unbranched alkanes of at least 4 members (excludes halogenated alkanes) is 6. The molecule has 1 aliphatic rings. The first-order valence-electron chi connectivity index (χ1n) is 10.4. The van der Waals surface area contributed by atoms with Crippen molar-refractivity contribution in [3.8, 4) is 5.75 Å². The summed E-state index contributed by atoms with van der Waals surface area (Å²) in [5, 5.41) is 4.05. The maximum atomic E-state index is 11.9. The fourth-order valence-corrected chi connectivity index (χ4v) is 2.90. The average molecular weight is 376 g/mol. The topological polar surface area (TPSA) is 57.1 Å². The predicted molar refractivity (Wildman–Crippen MR) is 107 cm³/mol. The Labute approximate surface area is 163 Å². The molecule has 2 rings (SSSR count). The van der Waals surface area contributed by atoms with Gasteiger partial charge >= 0.3 is 5.97 Å². The van der Waals surface area contributed by atoms with Crippen LogP contribution in [0.2, 0.25) is 0 Å². The predicted octanol–water partition coefficient (Wildman–Crippen LogP) is 5.26. The second kappa shape index (κ2) is 12.4. The number of hydrogen-bond donors (Lipinski definition) is 0. The van der Waals surface area contributed by atoms with Crippen LogP contribution in [-0.4, -0.2) is 31.0 Å². The first-order valence-corrected chi connectivity index (χ1v) is 10.4. The Morgan fingerprint density at radius 1 is 1.00 bits per heavy atom. The number of hydrogen-bond acceptors (Lipinski definition) is 5. The molecule has 0 saturated carbocycles. The number of benzene rings is 1. The third kappa shape index (κ3) is 7.61. The third-order valence-electron chi connectivity index (χ3n) is 4.63. The lowest BCUT2D eigenvalue weighted by atomic mass is 10.1. The summed E-state index contributed by atoms with van der Waals surface area (Å²) in [7, 11) is 0. The fraction of sp³-hybridized carbons (Fsp3) is 0.636. The Morgan fingerprint density at radius 3 is 2.44 bits per heavy atom. The molecule has 0 aromatic heterocycles. The Morgan fingerprint density at radius 2 is 1.70 bits per heavy atom. The highest BCUT2D eigenvalue weighted by Gasteiger charge is 2.30. The largest absolute Gasteiger partial charge is 0.494 e. The third-order valence-corrected chi connectivity index (χ3v) is 4.63. The Kier molecular flexibility index (Phi) is 9.74. The van der Waals surface area contributed by atoms with Crippen molar-refractivity contribution in [1.82, 2.24) is 0 Å². The molecule has 0 amide bonds. The van der Waals surface area contributed by atoms with E-state index in [1.165, 1.54) is 32.1 Å². The molecule has 0 N–H and O–H groups in total. The van der Waals surface area contributed by atoms with E-state index in [0.29, 0.717) is 13.0 Å². The molecule has 5 heteroatoms. The zero-order valence-electron chi connectivity index (χ0n) is 16.7. The van der Waals surface area contributed by atoms with E-state index < -0.39 is 6.10 Å². The standard InChI is InChI=1S/C22H33NO4/c1-3-5-7-8-9-10-16-25-19-13-11-18(12-14-19)20-17-21(27-23-20)22(24)26-15-6-4-2/h11-14,21H,3-10,15-17H2,1-2H3. The van der Waals surface area contributed by atoms with E-state index in [-0.39, 0.29) is 5.97 Å². The van der Waals surface area contributed by atoms with Gasteiger partial charge in [-0.05, 0) is 42.7 Å². The summed E-state index contributed by atoms with van der Waals surface area (Å²) >= 11 is 0. The van der Waals surface area contributed by atoms with E-state index in [2.05, 4.69) is 19.0 Å². The minimum Gasteiger partial charge on any atom is -0.494 e. The first-order chi connectivity index (χ1) is 13.2. The van der Waals surface area contributed by atoms with Crippen LogP contribution < -0.4 is 4.74 Å². The highest BCUT2D eigenvalue weighted by Crippen LogP contribution is 2.20. The van der Waals surface area contributed by atoms with Crippen molar-refractivity contribution in [2.45, 2.75) is 77.7 Å². The van der Waals surface area contributed by atoms with Gasteiger partial charge in [0.1, 0.15) is 5.75 Å². The summed E-state index contributed by atoms with van der Waals surface area (Å²) in [6, 6.07) is 7.82. The summed E-state index contributed by atoms with van der Waals surface area (Å²) < 4.78 is 11.0. The molecule has 1 aromatic carbocycles. The average Bonchev–Trinajstić information content (AvgIpc) is 3.18. The highest BCUT2D eigenvalue weighted by molar-refractivity contribution is 6.03. The van der Waals surface area contributed by atoms with E-state index in [9.17, 15) is 4.79 Å². The van der Waals surface area contributed by atoms with Gasteiger partial charge in [0.2, 0.25) is 6.10 Å². The SMILES string of the molecule is CCCCCCCCOc1ccc(C2=NOC(C(=O)OCCCC)C2)cc1. The van der Waals surface area contributed by atoms with Gasteiger partial charge in [-0.3, -0.25) is 0 Å². The lowest BCUT2D eigenvalue weighted by Gasteiger charge is -2.08. The zero-order chi connectivity index (χ0) is 19.3. The van der Waals surface area contributed by atoms with Gasteiger partial charge in [0.15, 0.2) is 0 Å². The summed E-state index contributed by atoms with van der Waals surface area (Å²) in [4.78, 5) is 17.2. The van der Waals surface area contributed by atoms with Crippen molar-refractivity contribution in [2.75, 3.05) is 13.2 Å². The van der Waals surface area contributed by atoms with Crippen LogP contribution in [0.25, 0.3) is 0 Å². The van der Waals surface area contributed by atoms with Crippen molar-refractivity contribution in [2.24, 2.45) is 5.16 Å². The molecule has 0 spiro atoms. The normalized spacial score (nSPS) is 15.9. The van der Waals surface area contributed by atoms with Crippen molar-refractivity contribution in [3.05, 3.63) is 29.8 Å². The zero-order valence-corrected chi connectivity index (χ0v) is 16.7. The monoisotopic (exact) mass is 375 g/mol. The van der Waals surface area contributed by atoms with E-state index >= 15 is 0 Å². The van der Waals surface area contributed by atoms with Gasteiger partial charge in [-0.25, -0.2) is 4.79 Å². The molecule has 0 aliphatic carbocycles. The fourth-order valence-electron chi connectivity index (χ4n) is 2.90. The highest BCUT2D eigenvalue weighted by atomic mass is 16.7. The van der Waals surface area contributed by atoms with E-state index in [0.717, 1.165) is 42.9 Å². The van der Waals surface area contributed by atoms with Crippen LogP contribution in [0.3, 0.4) is 0 Å². The lowest BCUT2D eigenvalue weighted by Crippen LogP contribution is -2.24. The molecule has 1 unspecified atom stereocenters. The van der Waals surface area contributed by atoms with Crippen molar-refractivity contribution in [3.63, 3.8) is 0 Å². The summed E-state index contributed by atoms with van der Waals surface area (Å²) in [6.45, 7) is 5.48. The summed E-state index contributed by atoms with van der Waals surface area (Å²) in [5.41, 5.74) is 1.72. The number of ether oxygens (including phenoxy) is 2. The molecule has 0 bridgehead atoms. The second-order valence-corrected chi connectivity index (χ2v) is 7.00. The molecule has 0 fully saturated rings. The van der Waals surface area contributed by atoms with E-state index in [1.54, 1.807) is 0 Å². The molecule has 1 atom stereocenters. The number of rotatable bonds is 13. The van der Waals surface area contributed by atoms with Gasteiger partial charge < -0.3 is 14.3 Å². The van der Waals surface area contributed by atoms with Crippen LogP contribution in [0.4, 0.5) is 0 Å². The summed E-state index contributed by atoms with van der Waals surface area (Å²) in [5.74, 6) is 0.531. The molecule has 1 heterocycles. The quantitative estimate of drug-likeness (QED) is 0.348. The van der Waals surface area contributed by atoms with Crippen LogP contribution in [-0.2, 0) is 14.4 Å². The Balaban J connectivity index is 1.68. The molecule has 5 nitrogen and oxygen atoms in total. The van der Waals surface area contributed by atoms with Crippen LogP contribution >= 0.6 is 0 Å². The Hall–Kier alpha value is -2.04. The smallest absolute Gasteiger partial charge is 0.350 e. The molecule has 0 radical (unpaired) electrons. The second-order valence-electron chi connectivity index (χ2n) is 7.00. The molecule has 1 aromatic rings. The molecule has 0 saturated heterocycles. The Bertz CT molecular complexity index is 582. The molecular weight excluding hydrogens is 342 g/mol. The summed E-state index contributed by atoms with van der Waals surface area (Å²) in [6.07, 6.45) is 9.22. The van der Waals surface area contributed by atoms with Crippen LogP contribution in [0.5, 0.6) is 5.75 Å². The van der Waals surface area contributed by atoms with Crippen LogP contribution in [0.15, 0.2) is 29.4 Å². The van der Waals surface area contributed by atoms with Gasteiger partial charge in [0, 0.05) is 6.42 Å². The molecule has 150 valence electrons. The maximum absolute atomic E-state index is 11.9. The number of oxime groups is 1. The molecular formula is C22H33NO4. The van der Waals surface area contributed by atoms with Crippen LogP contribution in [0, 0.1) is 0 Å². The minimum atomic E-state index is -0.625. The number of carbonyl (C=O) groups excluding carboxylic acids is 1. The van der Waals surface area contributed by atoms with Crippen molar-refractivity contribution in [1.29, 1.82) is 0 Å². The van der Waals surface area contributed by atoms with E-state index in [4.69, 9.17) is 14.3 Å². The maximum Gasteiger partial charge on any atom is 0.350 e. The molecule has 1 aliphatic heterocycles. The minimum absolute atomic E-state index is 0.332. The molecule has 27 heavy (non-hydrogen) atoms. The van der Waals surface area contributed by atoms with Crippen molar-refractivity contribution < 1.29 is 19.1 Å². The van der Waals surface area contributed by atoms with Gasteiger partial charge in [0.25, 0.3) is 0 Å². The van der Waals surface area contributed by atoms with E-state index in [1.807, 2.05) is 24.3 Å². The number of esters is 1. The van der Waals surface area contributed by atoms with Gasteiger partial charge in [-0.15, -0.1) is 0 Å². The van der Waals surface area contributed by atoms with Crippen molar-refractivity contribution >= 4 is 11.7 Å². The van der Waals surface area contributed by atoms with Gasteiger partial charge in [-0.2, -0.15) is 0 Å². The first kappa shape index (κ1) is 21.3. The number of carbonyl (C=O) groups is 1.